The minimum atomic E-state index is -0.370. The number of carbonyl (C=O) groups is 1. The molecule has 0 unspecified atom stereocenters. The zero-order valence-electron chi connectivity index (χ0n) is 12.6. The fraction of sp³-hybridized carbons (Fsp3) is 0.400. The van der Waals surface area contributed by atoms with Gasteiger partial charge in [-0.25, -0.2) is 4.79 Å². The first kappa shape index (κ1) is 15.8. The van der Waals surface area contributed by atoms with E-state index < -0.39 is 0 Å². The molecule has 7 nitrogen and oxygen atoms in total. The predicted molar refractivity (Wildman–Crippen MR) is 85.8 cm³/mol. The van der Waals surface area contributed by atoms with Gasteiger partial charge in [0.25, 0.3) is 0 Å². The molecule has 0 bridgehead atoms. The largest absolute Gasteiger partial charge is 0.419 e. The summed E-state index contributed by atoms with van der Waals surface area (Å²) in [5.74, 6) is 0.951. The van der Waals surface area contributed by atoms with E-state index in [1.54, 1.807) is 11.0 Å². The number of hydrogen-bond donors (Lipinski definition) is 1. The summed E-state index contributed by atoms with van der Waals surface area (Å²) in [5.41, 5.74) is 6.06. The maximum atomic E-state index is 11.2. The van der Waals surface area contributed by atoms with E-state index in [2.05, 4.69) is 15.1 Å². The minimum Gasteiger partial charge on any atom is -0.419 e. The van der Waals surface area contributed by atoms with Crippen molar-refractivity contribution in [2.45, 2.75) is 13.0 Å². The molecule has 3 rings (SSSR count). The second-order valence-corrected chi connectivity index (χ2v) is 5.84. The lowest BCUT2D eigenvalue weighted by molar-refractivity contribution is 0.205. The highest BCUT2D eigenvalue weighted by Crippen LogP contribution is 2.26. The van der Waals surface area contributed by atoms with Gasteiger partial charge < -0.3 is 15.1 Å². The first-order valence-corrected chi connectivity index (χ1v) is 7.85. The van der Waals surface area contributed by atoms with Gasteiger partial charge >= 0.3 is 6.03 Å². The average Bonchev–Trinajstić information content (AvgIpc) is 2.85. The van der Waals surface area contributed by atoms with Crippen molar-refractivity contribution in [3.05, 3.63) is 35.2 Å². The van der Waals surface area contributed by atoms with Crippen LogP contribution in [0, 0.1) is 0 Å². The number of urea groups is 1. The Morgan fingerprint density at radius 3 is 2.83 bits per heavy atom. The summed E-state index contributed by atoms with van der Waals surface area (Å²) in [6.45, 7) is 3.42. The van der Waals surface area contributed by atoms with E-state index in [1.807, 2.05) is 18.2 Å². The van der Waals surface area contributed by atoms with Gasteiger partial charge in [-0.05, 0) is 18.6 Å². The van der Waals surface area contributed by atoms with E-state index >= 15 is 0 Å². The Balaban J connectivity index is 1.65. The van der Waals surface area contributed by atoms with E-state index in [4.69, 9.17) is 21.8 Å². The van der Waals surface area contributed by atoms with Crippen LogP contribution in [0.15, 0.2) is 28.7 Å². The molecule has 2 N–H and O–H groups in total. The van der Waals surface area contributed by atoms with Crippen molar-refractivity contribution in [3.63, 3.8) is 0 Å². The second-order valence-electron chi connectivity index (χ2n) is 5.44. The molecule has 1 fully saturated rings. The van der Waals surface area contributed by atoms with Crippen LogP contribution in [0.4, 0.5) is 4.79 Å². The molecule has 1 aromatic heterocycles. The highest BCUT2D eigenvalue weighted by atomic mass is 35.5. The third-order valence-electron chi connectivity index (χ3n) is 3.83. The molecule has 1 aliphatic heterocycles. The van der Waals surface area contributed by atoms with Gasteiger partial charge in [-0.3, -0.25) is 4.90 Å². The molecule has 0 radical (unpaired) electrons. The van der Waals surface area contributed by atoms with Crippen molar-refractivity contribution in [3.8, 4) is 11.5 Å². The van der Waals surface area contributed by atoms with Gasteiger partial charge in [0, 0.05) is 26.2 Å². The monoisotopic (exact) mass is 335 g/mol. The molecular formula is C15H18ClN5O2. The van der Waals surface area contributed by atoms with Crippen molar-refractivity contribution < 1.29 is 9.21 Å². The highest BCUT2D eigenvalue weighted by molar-refractivity contribution is 6.33. The molecule has 0 atom stereocenters. The SMILES string of the molecule is NC(=O)N1CCCN(Cc2nnc(-c3ccccc3Cl)o2)CC1. The number of halogens is 1. The summed E-state index contributed by atoms with van der Waals surface area (Å²) in [7, 11) is 0. The Labute approximate surface area is 139 Å². The molecule has 8 heteroatoms. The van der Waals surface area contributed by atoms with E-state index in [0.29, 0.717) is 36.4 Å². The maximum Gasteiger partial charge on any atom is 0.314 e. The molecule has 2 amide bonds. The Bertz CT molecular complexity index is 690. The summed E-state index contributed by atoms with van der Waals surface area (Å²) in [6.07, 6.45) is 0.869. The van der Waals surface area contributed by atoms with Crippen molar-refractivity contribution >= 4 is 17.6 Å². The summed E-state index contributed by atoms with van der Waals surface area (Å²) in [6, 6.07) is 6.98. The summed E-state index contributed by atoms with van der Waals surface area (Å²) in [4.78, 5) is 15.1. The molecule has 122 valence electrons. The van der Waals surface area contributed by atoms with Crippen molar-refractivity contribution in [1.29, 1.82) is 0 Å². The van der Waals surface area contributed by atoms with Crippen LogP contribution in [0.3, 0.4) is 0 Å². The number of nitrogens with zero attached hydrogens (tertiary/aromatic N) is 4. The number of hydrogen-bond acceptors (Lipinski definition) is 5. The van der Waals surface area contributed by atoms with Gasteiger partial charge in [0.15, 0.2) is 0 Å². The van der Waals surface area contributed by atoms with Gasteiger partial charge in [0.05, 0.1) is 17.1 Å². The topological polar surface area (TPSA) is 88.5 Å². The quantitative estimate of drug-likeness (QED) is 0.926. The number of aromatic nitrogens is 2. The molecule has 1 aromatic carbocycles. The van der Waals surface area contributed by atoms with Gasteiger partial charge in [-0.2, -0.15) is 0 Å². The Morgan fingerprint density at radius 2 is 2.04 bits per heavy atom. The molecule has 23 heavy (non-hydrogen) atoms. The normalized spacial score (nSPS) is 16.3. The number of carbonyl (C=O) groups excluding carboxylic acids is 1. The van der Waals surface area contributed by atoms with Crippen LogP contribution in [-0.2, 0) is 6.54 Å². The fourth-order valence-corrected chi connectivity index (χ4v) is 2.82. The van der Waals surface area contributed by atoms with E-state index in [-0.39, 0.29) is 6.03 Å². The van der Waals surface area contributed by atoms with Crippen molar-refractivity contribution in [2.24, 2.45) is 5.73 Å². The third-order valence-corrected chi connectivity index (χ3v) is 4.16. The zero-order chi connectivity index (χ0) is 16.2. The number of benzene rings is 1. The van der Waals surface area contributed by atoms with Gasteiger partial charge in [-0.1, -0.05) is 23.7 Å². The molecule has 0 spiro atoms. The summed E-state index contributed by atoms with van der Waals surface area (Å²) in [5, 5.41) is 8.74. The average molecular weight is 336 g/mol. The van der Waals surface area contributed by atoms with Gasteiger partial charge in [0.2, 0.25) is 11.8 Å². The van der Waals surface area contributed by atoms with Crippen LogP contribution < -0.4 is 5.73 Å². The summed E-state index contributed by atoms with van der Waals surface area (Å²) < 4.78 is 5.71. The number of nitrogens with two attached hydrogens (primary N) is 1. The molecule has 2 heterocycles. The lowest BCUT2D eigenvalue weighted by Gasteiger charge is -2.19. The van der Waals surface area contributed by atoms with Crippen LogP contribution in [-0.4, -0.2) is 52.2 Å². The van der Waals surface area contributed by atoms with Crippen LogP contribution in [0.1, 0.15) is 12.3 Å². The molecule has 0 aliphatic carbocycles. The van der Waals surface area contributed by atoms with Gasteiger partial charge in [0.1, 0.15) is 0 Å². The molecule has 0 saturated carbocycles. The Kier molecular flexibility index (Phi) is 4.78. The molecule has 2 aromatic rings. The van der Waals surface area contributed by atoms with Crippen molar-refractivity contribution in [2.75, 3.05) is 26.2 Å². The predicted octanol–water partition coefficient (Wildman–Crippen LogP) is 1.98. The Hall–Kier alpha value is -2.12. The van der Waals surface area contributed by atoms with Crippen LogP contribution in [0.2, 0.25) is 5.02 Å². The van der Waals surface area contributed by atoms with Gasteiger partial charge in [-0.15, -0.1) is 10.2 Å². The zero-order valence-corrected chi connectivity index (χ0v) is 13.4. The first-order chi connectivity index (χ1) is 11.1. The van der Waals surface area contributed by atoms with Crippen molar-refractivity contribution in [1.82, 2.24) is 20.0 Å². The maximum absolute atomic E-state index is 11.2. The number of primary amides is 1. The minimum absolute atomic E-state index is 0.370. The lowest BCUT2D eigenvalue weighted by Crippen LogP contribution is -2.38. The number of amides is 2. The van der Waals surface area contributed by atoms with E-state index in [1.165, 1.54) is 0 Å². The van der Waals surface area contributed by atoms with E-state index in [0.717, 1.165) is 25.1 Å². The smallest absolute Gasteiger partial charge is 0.314 e. The summed E-state index contributed by atoms with van der Waals surface area (Å²) >= 11 is 6.14. The molecule has 1 aliphatic rings. The second kappa shape index (κ2) is 6.97. The fourth-order valence-electron chi connectivity index (χ4n) is 2.60. The standard InChI is InChI=1S/C15H18ClN5O2/c16-12-5-2-1-4-11(12)14-19-18-13(23-14)10-20-6-3-7-21(9-8-20)15(17)22/h1-2,4-5H,3,6-10H2,(H2,17,22). The van der Waals surface area contributed by atoms with Crippen LogP contribution in [0.25, 0.3) is 11.5 Å². The molecular weight excluding hydrogens is 318 g/mol. The lowest BCUT2D eigenvalue weighted by atomic mass is 10.2. The Morgan fingerprint density at radius 1 is 1.22 bits per heavy atom. The number of rotatable bonds is 3. The highest BCUT2D eigenvalue weighted by Gasteiger charge is 2.19. The first-order valence-electron chi connectivity index (χ1n) is 7.47. The van der Waals surface area contributed by atoms with Crippen LogP contribution >= 0.6 is 11.6 Å². The third kappa shape index (κ3) is 3.80. The van der Waals surface area contributed by atoms with E-state index in [9.17, 15) is 4.79 Å². The van der Waals surface area contributed by atoms with Crippen LogP contribution in [0.5, 0.6) is 0 Å². The molecule has 1 saturated heterocycles.